The van der Waals surface area contributed by atoms with Crippen LogP contribution in [0.15, 0.2) is 42.6 Å². The predicted molar refractivity (Wildman–Crippen MR) is 98.1 cm³/mol. The Morgan fingerprint density at radius 2 is 1.92 bits per heavy atom. The number of fused-ring (bicyclic) bond motifs is 1. The van der Waals surface area contributed by atoms with Crippen molar-refractivity contribution in [3.63, 3.8) is 0 Å². The zero-order valence-electron chi connectivity index (χ0n) is 13.8. The van der Waals surface area contributed by atoms with Crippen molar-refractivity contribution in [1.82, 2.24) is 18.9 Å². The van der Waals surface area contributed by atoms with Crippen molar-refractivity contribution in [2.24, 2.45) is 0 Å². The number of hydrogen-bond donors (Lipinski definition) is 1. The van der Waals surface area contributed by atoms with Gasteiger partial charge in [0.25, 0.3) is 0 Å². The molecule has 7 nitrogen and oxygen atoms in total. The minimum Gasteiger partial charge on any atom is -0.378 e. The van der Waals surface area contributed by atoms with Gasteiger partial charge in [0.15, 0.2) is 5.65 Å². The quantitative estimate of drug-likeness (QED) is 0.711. The molecule has 0 saturated carbocycles. The molecule has 1 N–H and O–H groups in total. The summed E-state index contributed by atoms with van der Waals surface area (Å²) in [6.07, 6.45) is 2.97. The second-order valence-corrected chi connectivity index (χ2v) is 8.14. The van der Waals surface area contributed by atoms with Gasteiger partial charge in [0.05, 0.1) is 11.9 Å². The number of sulfonamides is 1. The second-order valence-electron chi connectivity index (χ2n) is 5.71. The molecule has 1 aromatic carbocycles. The molecule has 9 heteroatoms. The van der Waals surface area contributed by atoms with E-state index < -0.39 is 10.0 Å². The molecule has 132 valence electrons. The SMILES string of the molecule is CN(Cc1ccccc1CNc1cccn2nc(Cl)nc12)S(C)(=O)=O. The van der Waals surface area contributed by atoms with Gasteiger partial charge in [0.1, 0.15) is 0 Å². The fourth-order valence-corrected chi connectivity index (χ4v) is 2.98. The van der Waals surface area contributed by atoms with E-state index in [2.05, 4.69) is 15.4 Å². The minimum absolute atomic E-state index is 0.185. The zero-order chi connectivity index (χ0) is 18.0. The van der Waals surface area contributed by atoms with Crippen LogP contribution in [0.2, 0.25) is 5.28 Å². The Balaban J connectivity index is 1.81. The zero-order valence-corrected chi connectivity index (χ0v) is 15.4. The average Bonchev–Trinajstić information content (AvgIpc) is 2.94. The third kappa shape index (κ3) is 4.09. The first-order chi connectivity index (χ1) is 11.8. The number of pyridine rings is 1. The van der Waals surface area contributed by atoms with Gasteiger partial charge < -0.3 is 5.32 Å². The summed E-state index contributed by atoms with van der Waals surface area (Å²) in [7, 11) is -1.67. The molecular formula is C16H18ClN5O2S. The van der Waals surface area contributed by atoms with Gasteiger partial charge in [0.2, 0.25) is 15.3 Å². The molecule has 0 radical (unpaired) electrons. The topological polar surface area (TPSA) is 79.6 Å². The Bertz CT molecular complexity index is 1000. The largest absolute Gasteiger partial charge is 0.378 e. The van der Waals surface area contributed by atoms with E-state index in [1.165, 1.54) is 10.6 Å². The average molecular weight is 380 g/mol. The summed E-state index contributed by atoms with van der Waals surface area (Å²) in [5.74, 6) is 0. The first-order valence-electron chi connectivity index (χ1n) is 7.57. The van der Waals surface area contributed by atoms with Crippen molar-refractivity contribution in [2.75, 3.05) is 18.6 Å². The molecule has 0 spiro atoms. The van der Waals surface area contributed by atoms with E-state index in [4.69, 9.17) is 11.6 Å². The molecule has 25 heavy (non-hydrogen) atoms. The van der Waals surface area contributed by atoms with E-state index in [1.54, 1.807) is 17.8 Å². The first kappa shape index (κ1) is 17.7. The van der Waals surface area contributed by atoms with E-state index in [0.29, 0.717) is 18.7 Å². The lowest BCUT2D eigenvalue weighted by molar-refractivity contribution is 0.471. The van der Waals surface area contributed by atoms with Gasteiger partial charge in [-0.3, -0.25) is 0 Å². The van der Waals surface area contributed by atoms with Crippen LogP contribution in [0.3, 0.4) is 0 Å². The van der Waals surface area contributed by atoms with Crippen LogP contribution in [0.1, 0.15) is 11.1 Å². The van der Waals surface area contributed by atoms with Crippen molar-refractivity contribution in [1.29, 1.82) is 0 Å². The van der Waals surface area contributed by atoms with E-state index in [1.807, 2.05) is 36.4 Å². The van der Waals surface area contributed by atoms with Gasteiger partial charge in [0, 0.05) is 26.3 Å². The van der Waals surface area contributed by atoms with Crippen molar-refractivity contribution in [3.05, 3.63) is 59.0 Å². The van der Waals surface area contributed by atoms with Crippen molar-refractivity contribution < 1.29 is 8.42 Å². The van der Waals surface area contributed by atoms with Gasteiger partial charge in [-0.15, -0.1) is 5.10 Å². The normalized spacial score (nSPS) is 12.0. The molecule has 0 atom stereocenters. The number of hydrogen-bond acceptors (Lipinski definition) is 5. The summed E-state index contributed by atoms with van der Waals surface area (Å²) >= 11 is 5.86. The van der Waals surface area contributed by atoms with Crippen LogP contribution in [0.5, 0.6) is 0 Å². The van der Waals surface area contributed by atoms with E-state index >= 15 is 0 Å². The number of nitrogens with zero attached hydrogens (tertiary/aromatic N) is 4. The summed E-state index contributed by atoms with van der Waals surface area (Å²) in [5, 5.41) is 7.57. The lowest BCUT2D eigenvalue weighted by Crippen LogP contribution is -2.25. The van der Waals surface area contributed by atoms with Crippen LogP contribution in [-0.2, 0) is 23.1 Å². The molecule has 0 aliphatic rings. The molecule has 2 heterocycles. The third-order valence-electron chi connectivity index (χ3n) is 3.88. The standard InChI is InChI=1S/C16H18ClN5O2S/c1-21(25(2,23)24)11-13-7-4-3-6-12(13)10-18-14-8-5-9-22-15(14)19-16(17)20-22/h3-9,18H,10-11H2,1-2H3. The first-order valence-corrected chi connectivity index (χ1v) is 9.80. The maximum absolute atomic E-state index is 11.7. The maximum Gasteiger partial charge on any atom is 0.243 e. The molecule has 2 aromatic heterocycles. The highest BCUT2D eigenvalue weighted by Gasteiger charge is 2.13. The Kier molecular flexibility index (Phi) is 4.94. The number of nitrogens with one attached hydrogen (secondary N) is 1. The molecule has 0 unspecified atom stereocenters. The molecule has 3 aromatic rings. The summed E-state index contributed by atoms with van der Waals surface area (Å²) in [4.78, 5) is 4.20. The number of rotatable bonds is 6. The van der Waals surface area contributed by atoms with Crippen LogP contribution < -0.4 is 5.32 Å². The van der Waals surface area contributed by atoms with Crippen LogP contribution in [-0.4, -0.2) is 40.6 Å². The molecule has 3 rings (SSSR count). The molecule has 0 fully saturated rings. The summed E-state index contributed by atoms with van der Waals surface area (Å²) in [6.45, 7) is 0.843. The Labute approximate surface area is 151 Å². The van der Waals surface area contributed by atoms with Crippen molar-refractivity contribution >= 4 is 33.0 Å². The van der Waals surface area contributed by atoms with Gasteiger partial charge in [-0.05, 0) is 34.9 Å². The van der Waals surface area contributed by atoms with Gasteiger partial charge in [-0.25, -0.2) is 17.2 Å². The highest BCUT2D eigenvalue weighted by atomic mass is 35.5. The molecule has 0 bridgehead atoms. The monoisotopic (exact) mass is 379 g/mol. The second kappa shape index (κ2) is 6.99. The van der Waals surface area contributed by atoms with Gasteiger partial charge in [-0.1, -0.05) is 24.3 Å². The summed E-state index contributed by atoms with van der Waals surface area (Å²) < 4.78 is 26.2. The Hall–Kier alpha value is -2.16. The van der Waals surface area contributed by atoms with Crippen molar-refractivity contribution in [3.8, 4) is 0 Å². The van der Waals surface area contributed by atoms with Crippen molar-refractivity contribution in [2.45, 2.75) is 13.1 Å². The third-order valence-corrected chi connectivity index (χ3v) is 5.30. The van der Waals surface area contributed by atoms with Crippen LogP contribution in [0.4, 0.5) is 5.69 Å². The van der Waals surface area contributed by atoms with Crippen LogP contribution >= 0.6 is 11.6 Å². The lowest BCUT2D eigenvalue weighted by atomic mass is 10.1. The Morgan fingerprint density at radius 1 is 1.20 bits per heavy atom. The predicted octanol–water partition coefficient (Wildman–Crippen LogP) is 2.39. The molecule has 0 amide bonds. The maximum atomic E-state index is 11.7. The number of halogens is 1. The van der Waals surface area contributed by atoms with E-state index in [-0.39, 0.29) is 5.28 Å². The highest BCUT2D eigenvalue weighted by Crippen LogP contribution is 2.19. The Morgan fingerprint density at radius 3 is 2.64 bits per heavy atom. The van der Waals surface area contributed by atoms with E-state index in [9.17, 15) is 8.42 Å². The lowest BCUT2D eigenvalue weighted by Gasteiger charge is -2.17. The van der Waals surface area contributed by atoms with Crippen LogP contribution in [0, 0.1) is 0 Å². The number of aromatic nitrogens is 3. The minimum atomic E-state index is -3.23. The summed E-state index contributed by atoms with van der Waals surface area (Å²) in [6, 6.07) is 11.5. The number of anilines is 1. The number of benzene rings is 1. The molecule has 0 aliphatic carbocycles. The smallest absolute Gasteiger partial charge is 0.243 e. The fourth-order valence-electron chi connectivity index (χ4n) is 2.45. The van der Waals surface area contributed by atoms with Crippen LogP contribution in [0.25, 0.3) is 5.65 Å². The molecule has 0 saturated heterocycles. The molecular weight excluding hydrogens is 362 g/mol. The fraction of sp³-hybridized carbons (Fsp3) is 0.250. The van der Waals surface area contributed by atoms with E-state index in [0.717, 1.165) is 16.8 Å². The highest BCUT2D eigenvalue weighted by molar-refractivity contribution is 7.88. The molecule has 0 aliphatic heterocycles. The summed E-state index contributed by atoms with van der Waals surface area (Å²) in [5.41, 5.74) is 3.38. The van der Waals surface area contributed by atoms with Gasteiger partial charge >= 0.3 is 0 Å². The van der Waals surface area contributed by atoms with Gasteiger partial charge in [-0.2, -0.15) is 4.98 Å².